The van der Waals surface area contributed by atoms with Crippen molar-refractivity contribution in [3.05, 3.63) is 47.5 Å². The van der Waals surface area contributed by atoms with E-state index in [-0.39, 0.29) is 5.57 Å². The molecule has 0 N–H and O–H groups in total. The van der Waals surface area contributed by atoms with Gasteiger partial charge in [-0.3, -0.25) is 0 Å². The van der Waals surface area contributed by atoms with Gasteiger partial charge in [0.05, 0.1) is 14.2 Å². The Labute approximate surface area is 106 Å². The zero-order valence-corrected chi connectivity index (χ0v) is 10.5. The molecule has 1 rings (SSSR count). The van der Waals surface area contributed by atoms with Crippen molar-refractivity contribution in [3.8, 4) is 0 Å². The molecule has 96 valence electrons. The SMILES string of the molecule is COC(=O)C(=CCCc1ccccc1)C(=O)OC. The van der Waals surface area contributed by atoms with Gasteiger partial charge in [-0.1, -0.05) is 36.4 Å². The zero-order chi connectivity index (χ0) is 13.4. The van der Waals surface area contributed by atoms with E-state index in [0.29, 0.717) is 6.42 Å². The van der Waals surface area contributed by atoms with Gasteiger partial charge in [0, 0.05) is 0 Å². The topological polar surface area (TPSA) is 52.6 Å². The van der Waals surface area contributed by atoms with Crippen molar-refractivity contribution in [2.45, 2.75) is 12.8 Å². The van der Waals surface area contributed by atoms with Crippen molar-refractivity contribution in [3.63, 3.8) is 0 Å². The molecule has 0 spiro atoms. The third-order valence-electron chi connectivity index (χ3n) is 2.43. The van der Waals surface area contributed by atoms with Crippen LogP contribution < -0.4 is 0 Å². The molecular formula is C14H16O4. The van der Waals surface area contributed by atoms with Crippen molar-refractivity contribution < 1.29 is 19.1 Å². The Kier molecular flexibility index (Phi) is 5.64. The monoisotopic (exact) mass is 248 g/mol. The molecule has 0 aliphatic carbocycles. The van der Waals surface area contributed by atoms with Crippen molar-refractivity contribution in [1.29, 1.82) is 0 Å². The number of carbonyl (C=O) groups is 2. The molecule has 4 heteroatoms. The number of allylic oxidation sites excluding steroid dienone is 1. The van der Waals surface area contributed by atoms with E-state index in [1.807, 2.05) is 30.3 Å². The Hall–Kier alpha value is -2.10. The van der Waals surface area contributed by atoms with Crippen LogP contribution >= 0.6 is 0 Å². The second-order valence-corrected chi connectivity index (χ2v) is 3.63. The maximum Gasteiger partial charge on any atom is 0.344 e. The molecule has 4 nitrogen and oxygen atoms in total. The van der Waals surface area contributed by atoms with E-state index < -0.39 is 11.9 Å². The standard InChI is InChI=1S/C14H16O4/c1-17-13(15)12(14(16)18-2)10-6-9-11-7-4-3-5-8-11/h3-5,7-8,10H,6,9H2,1-2H3. The van der Waals surface area contributed by atoms with Crippen molar-refractivity contribution in [2.24, 2.45) is 0 Å². The van der Waals surface area contributed by atoms with Gasteiger partial charge >= 0.3 is 11.9 Å². The maximum atomic E-state index is 11.4. The van der Waals surface area contributed by atoms with Crippen LogP contribution in [0.2, 0.25) is 0 Å². The van der Waals surface area contributed by atoms with Gasteiger partial charge in [-0.05, 0) is 18.4 Å². The van der Waals surface area contributed by atoms with Gasteiger partial charge in [-0.25, -0.2) is 9.59 Å². The minimum absolute atomic E-state index is 0.0593. The number of esters is 2. The molecule has 0 amide bonds. The van der Waals surface area contributed by atoms with Crippen LogP contribution in [0.3, 0.4) is 0 Å². The number of ether oxygens (including phenoxy) is 2. The summed E-state index contributed by atoms with van der Waals surface area (Å²) < 4.78 is 9.06. The molecule has 0 unspecified atom stereocenters. The first kappa shape index (κ1) is 14.0. The Morgan fingerprint density at radius 1 is 1.06 bits per heavy atom. The van der Waals surface area contributed by atoms with Crippen LogP contribution in [0.5, 0.6) is 0 Å². The normalized spacial score (nSPS) is 9.44. The summed E-state index contributed by atoms with van der Waals surface area (Å²) in [5.74, 6) is -1.34. The first-order valence-electron chi connectivity index (χ1n) is 5.59. The molecule has 1 aromatic carbocycles. The summed E-state index contributed by atoms with van der Waals surface area (Å²) in [5, 5.41) is 0. The summed E-state index contributed by atoms with van der Waals surface area (Å²) in [5.41, 5.74) is 1.08. The summed E-state index contributed by atoms with van der Waals surface area (Å²) >= 11 is 0. The van der Waals surface area contributed by atoms with E-state index in [0.717, 1.165) is 12.0 Å². The largest absolute Gasteiger partial charge is 0.465 e. The van der Waals surface area contributed by atoms with Gasteiger partial charge in [-0.15, -0.1) is 0 Å². The Morgan fingerprint density at radius 3 is 2.11 bits per heavy atom. The van der Waals surface area contributed by atoms with Gasteiger partial charge in [-0.2, -0.15) is 0 Å². The van der Waals surface area contributed by atoms with Gasteiger partial charge < -0.3 is 9.47 Å². The van der Waals surface area contributed by atoms with E-state index in [1.54, 1.807) is 6.08 Å². The summed E-state index contributed by atoms with van der Waals surface area (Å²) in [6.07, 6.45) is 2.87. The molecule has 0 bridgehead atoms. The maximum absolute atomic E-state index is 11.4. The number of hydrogen-bond donors (Lipinski definition) is 0. The number of hydrogen-bond acceptors (Lipinski definition) is 4. The number of methoxy groups -OCH3 is 2. The van der Waals surface area contributed by atoms with E-state index in [4.69, 9.17) is 0 Å². The fourth-order valence-corrected chi connectivity index (χ4v) is 1.50. The van der Waals surface area contributed by atoms with Gasteiger partial charge in [0.2, 0.25) is 0 Å². The molecule has 0 saturated heterocycles. The minimum Gasteiger partial charge on any atom is -0.465 e. The highest BCUT2D eigenvalue weighted by atomic mass is 16.5. The quantitative estimate of drug-likeness (QED) is 0.345. The second kappa shape index (κ2) is 7.27. The summed E-state index contributed by atoms with van der Waals surface area (Å²) in [7, 11) is 2.46. The average Bonchev–Trinajstić information content (AvgIpc) is 2.43. The molecule has 18 heavy (non-hydrogen) atoms. The van der Waals surface area contributed by atoms with Crippen LogP contribution in [0.1, 0.15) is 12.0 Å². The van der Waals surface area contributed by atoms with Gasteiger partial charge in [0.1, 0.15) is 5.57 Å². The predicted octanol–water partition coefficient (Wildman–Crippen LogP) is 1.89. The summed E-state index contributed by atoms with van der Waals surface area (Å²) in [4.78, 5) is 22.7. The molecule has 0 aliphatic rings. The Balaban J connectivity index is 2.66. The molecule has 0 aliphatic heterocycles. The number of benzene rings is 1. The van der Waals surface area contributed by atoms with Crippen molar-refractivity contribution in [1.82, 2.24) is 0 Å². The molecular weight excluding hydrogens is 232 g/mol. The lowest BCUT2D eigenvalue weighted by Crippen LogP contribution is -2.15. The van der Waals surface area contributed by atoms with Gasteiger partial charge in [0.15, 0.2) is 0 Å². The predicted molar refractivity (Wildman–Crippen MR) is 66.9 cm³/mol. The Bertz CT molecular complexity index is 416. The van der Waals surface area contributed by atoms with Crippen LogP contribution in [-0.2, 0) is 25.5 Å². The average molecular weight is 248 g/mol. The Morgan fingerprint density at radius 2 is 1.61 bits per heavy atom. The summed E-state index contributed by atoms with van der Waals surface area (Å²) in [6.45, 7) is 0. The lowest BCUT2D eigenvalue weighted by atomic mass is 10.1. The van der Waals surface area contributed by atoms with Crippen LogP contribution in [0.15, 0.2) is 42.0 Å². The van der Waals surface area contributed by atoms with Gasteiger partial charge in [0.25, 0.3) is 0 Å². The zero-order valence-electron chi connectivity index (χ0n) is 10.5. The molecule has 0 atom stereocenters. The minimum atomic E-state index is -0.671. The van der Waals surface area contributed by atoms with Crippen LogP contribution in [0.4, 0.5) is 0 Å². The molecule has 0 aromatic heterocycles. The van der Waals surface area contributed by atoms with Crippen LogP contribution in [0, 0.1) is 0 Å². The van der Waals surface area contributed by atoms with Crippen molar-refractivity contribution >= 4 is 11.9 Å². The highest BCUT2D eigenvalue weighted by Gasteiger charge is 2.18. The molecule has 0 saturated carbocycles. The van der Waals surface area contributed by atoms with Crippen LogP contribution in [-0.4, -0.2) is 26.2 Å². The fraction of sp³-hybridized carbons (Fsp3) is 0.286. The van der Waals surface area contributed by atoms with E-state index in [9.17, 15) is 9.59 Å². The first-order chi connectivity index (χ1) is 8.69. The molecule has 0 fully saturated rings. The fourth-order valence-electron chi connectivity index (χ4n) is 1.50. The molecule has 0 radical (unpaired) electrons. The lowest BCUT2D eigenvalue weighted by molar-refractivity contribution is -0.144. The number of carbonyl (C=O) groups excluding carboxylic acids is 2. The van der Waals surface area contributed by atoms with E-state index in [2.05, 4.69) is 9.47 Å². The third kappa shape index (κ3) is 4.05. The van der Waals surface area contributed by atoms with Crippen molar-refractivity contribution in [2.75, 3.05) is 14.2 Å². The van der Waals surface area contributed by atoms with E-state index in [1.165, 1.54) is 14.2 Å². The molecule has 1 aromatic rings. The smallest absolute Gasteiger partial charge is 0.344 e. The highest BCUT2D eigenvalue weighted by molar-refractivity contribution is 6.13. The third-order valence-corrected chi connectivity index (χ3v) is 2.43. The summed E-state index contributed by atoms with van der Waals surface area (Å²) in [6, 6.07) is 9.81. The van der Waals surface area contributed by atoms with Crippen LogP contribution in [0.25, 0.3) is 0 Å². The number of aryl methyl sites for hydroxylation is 1. The first-order valence-corrected chi connectivity index (χ1v) is 5.59. The lowest BCUT2D eigenvalue weighted by Gasteiger charge is -2.03. The highest BCUT2D eigenvalue weighted by Crippen LogP contribution is 2.07. The second-order valence-electron chi connectivity index (χ2n) is 3.63. The van der Waals surface area contributed by atoms with E-state index >= 15 is 0 Å². The molecule has 0 heterocycles. The number of rotatable bonds is 5.